The molecule has 176 valence electrons. The average molecular weight is 500 g/mol. The Balaban J connectivity index is 1.30. The molecule has 3 amide bonds. The Bertz CT molecular complexity index is 1320. The Hall–Kier alpha value is -3.71. The van der Waals surface area contributed by atoms with Crippen LogP contribution in [0.3, 0.4) is 0 Å². The number of rotatable bonds is 7. The summed E-state index contributed by atoms with van der Waals surface area (Å²) in [5, 5.41) is 5.00. The van der Waals surface area contributed by atoms with Crippen LogP contribution in [-0.4, -0.2) is 62.9 Å². The van der Waals surface area contributed by atoms with E-state index >= 15 is 0 Å². The predicted octanol–water partition coefficient (Wildman–Crippen LogP) is 3.10. The van der Waals surface area contributed by atoms with Gasteiger partial charge < -0.3 is 25.3 Å². The van der Waals surface area contributed by atoms with Gasteiger partial charge in [-0.2, -0.15) is 0 Å². The van der Waals surface area contributed by atoms with Crippen molar-refractivity contribution in [3.05, 3.63) is 36.5 Å². The predicted molar refractivity (Wildman–Crippen MR) is 128 cm³/mol. The Labute approximate surface area is 201 Å². The highest BCUT2D eigenvalue weighted by atomic mass is 32.1. The number of hydrogen-bond acceptors (Lipinski definition) is 8. The van der Waals surface area contributed by atoms with Crippen molar-refractivity contribution in [2.75, 3.05) is 25.5 Å². The largest absolute Gasteiger partial charge is 0.453 e. The van der Waals surface area contributed by atoms with Gasteiger partial charge >= 0.3 is 6.09 Å². The number of thiophene rings is 1. The molecule has 0 aromatic carbocycles. The quantitative estimate of drug-likeness (QED) is 0.335. The molecule has 0 unspecified atom stereocenters. The van der Waals surface area contributed by atoms with Crippen molar-refractivity contribution < 1.29 is 19.1 Å². The maximum atomic E-state index is 12.6. The summed E-state index contributed by atoms with van der Waals surface area (Å²) in [6, 6.07) is 3.94. The van der Waals surface area contributed by atoms with E-state index in [1.165, 1.54) is 7.11 Å². The summed E-state index contributed by atoms with van der Waals surface area (Å²) in [5.41, 5.74) is 0.886. The second-order valence-electron chi connectivity index (χ2n) is 7.61. The molecule has 11 nitrogen and oxygen atoms in total. The number of aromatic amines is 1. The van der Waals surface area contributed by atoms with E-state index in [0.29, 0.717) is 18.8 Å². The lowest BCUT2D eigenvalue weighted by Crippen LogP contribution is -2.40. The summed E-state index contributed by atoms with van der Waals surface area (Å²) >= 11 is 3.17. The van der Waals surface area contributed by atoms with Gasteiger partial charge in [0.2, 0.25) is 12.3 Å². The second kappa shape index (κ2) is 9.27. The van der Waals surface area contributed by atoms with Gasteiger partial charge in [0.25, 0.3) is 0 Å². The number of thiazole rings is 1. The van der Waals surface area contributed by atoms with E-state index in [0.717, 1.165) is 44.0 Å². The van der Waals surface area contributed by atoms with E-state index in [1.807, 2.05) is 16.7 Å². The van der Waals surface area contributed by atoms with Crippen molar-refractivity contribution in [2.45, 2.75) is 18.9 Å². The first kappa shape index (κ1) is 22.1. The first-order valence-electron chi connectivity index (χ1n) is 10.5. The Morgan fingerprint density at radius 2 is 2.12 bits per heavy atom. The molecule has 5 rings (SSSR count). The number of aromatic nitrogens is 4. The number of imidazole rings is 2. The number of methoxy groups -OCH3 is 1. The molecular weight excluding hydrogens is 478 g/mol. The van der Waals surface area contributed by atoms with Gasteiger partial charge in [0.1, 0.15) is 12.4 Å². The van der Waals surface area contributed by atoms with E-state index in [-0.39, 0.29) is 18.5 Å². The van der Waals surface area contributed by atoms with Crippen LogP contribution in [-0.2, 0) is 14.3 Å². The summed E-state index contributed by atoms with van der Waals surface area (Å²) in [6.45, 7) is 0.512. The third-order valence-corrected chi connectivity index (χ3v) is 7.84. The number of nitrogens with one attached hydrogen (secondary N) is 3. The lowest BCUT2D eigenvalue weighted by molar-refractivity contribution is -0.131. The summed E-state index contributed by atoms with van der Waals surface area (Å²) < 4.78 is 6.42. The summed E-state index contributed by atoms with van der Waals surface area (Å²) in [7, 11) is 1.26. The van der Waals surface area contributed by atoms with E-state index < -0.39 is 6.09 Å². The fourth-order valence-electron chi connectivity index (χ4n) is 3.96. The van der Waals surface area contributed by atoms with Crippen LogP contribution in [0, 0.1) is 0 Å². The standard InChI is InChI=1S/C21H21N7O4S2/c1-32-21(31)23-8-18(30)28-6-2-3-13(28)19-22-7-12(25-19)14-4-5-15(33-14)16-9-27-10-17(24-11-29)26-20(27)34-16/h4-5,7,9-11,13H,2-3,6,8H2,1H3,(H,22,25)(H,23,31)(H,24,29)/t13-/m0/s1. The molecule has 0 saturated carbocycles. The normalized spacial score (nSPS) is 15.6. The number of likely N-dealkylation sites (tertiary alicyclic amines) is 1. The van der Waals surface area contributed by atoms with Gasteiger partial charge in [-0.1, -0.05) is 11.3 Å². The number of anilines is 1. The van der Waals surface area contributed by atoms with Crippen LogP contribution in [0.4, 0.5) is 10.6 Å². The highest BCUT2D eigenvalue weighted by molar-refractivity contribution is 7.26. The minimum absolute atomic E-state index is 0.109. The fourth-order valence-corrected chi connectivity index (χ4v) is 5.97. The van der Waals surface area contributed by atoms with Gasteiger partial charge in [0.05, 0.1) is 41.0 Å². The van der Waals surface area contributed by atoms with Crippen LogP contribution in [0.2, 0.25) is 0 Å². The van der Waals surface area contributed by atoms with Gasteiger partial charge in [-0.3, -0.25) is 14.0 Å². The summed E-state index contributed by atoms with van der Waals surface area (Å²) in [4.78, 5) is 52.5. The smallest absolute Gasteiger partial charge is 0.407 e. The van der Waals surface area contributed by atoms with Crippen LogP contribution in [0.25, 0.3) is 25.3 Å². The molecule has 0 aliphatic carbocycles. The molecule has 1 fully saturated rings. The van der Waals surface area contributed by atoms with Crippen molar-refractivity contribution in [1.29, 1.82) is 0 Å². The van der Waals surface area contributed by atoms with Gasteiger partial charge in [0.15, 0.2) is 10.8 Å². The first-order chi connectivity index (χ1) is 16.6. The van der Waals surface area contributed by atoms with Gasteiger partial charge in [-0.15, -0.1) is 11.3 Å². The van der Waals surface area contributed by atoms with Crippen molar-refractivity contribution in [3.63, 3.8) is 0 Å². The zero-order valence-corrected chi connectivity index (χ0v) is 19.7. The highest BCUT2D eigenvalue weighted by Crippen LogP contribution is 2.38. The van der Waals surface area contributed by atoms with Crippen molar-refractivity contribution in [2.24, 2.45) is 0 Å². The number of amides is 3. The van der Waals surface area contributed by atoms with Crippen LogP contribution in [0.15, 0.2) is 30.7 Å². The second-order valence-corrected chi connectivity index (χ2v) is 9.70. The van der Waals surface area contributed by atoms with Gasteiger partial charge in [-0.25, -0.2) is 14.8 Å². The summed E-state index contributed by atoms with van der Waals surface area (Å²) in [6.07, 6.45) is 7.21. The maximum absolute atomic E-state index is 12.6. The molecule has 4 aromatic rings. The molecule has 1 aliphatic rings. The number of H-pyrrole nitrogens is 1. The molecule has 0 radical (unpaired) electrons. The number of nitrogens with zero attached hydrogens (tertiary/aromatic N) is 4. The monoisotopic (exact) mass is 499 g/mol. The minimum Gasteiger partial charge on any atom is -0.453 e. The Kier molecular flexibility index (Phi) is 6.02. The molecule has 13 heteroatoms. The van der Waals surface area contributed by atoms with Gasteiger partial charge in [-0.05, 0) is 25.0 Å². The zero-order chi connectivity index (χ0) is 23.7. The Morgan fingerprint density at radius 3 is 2.91 bits per heavy atom. The lowest BCUT2D eigenvalue weighted by atomic mass is 10.2. The topological polar surface area (TPSA) is 134 Å². The fraction of sp³-hybridized carbons (Fsp3) is 0.286. The maximum Gasteiger partial charge on any atom is 0.407 e. The van der Waals surface area contributed by atoms with E-state index in [4.69, 9.17) is 0 Å². The molecule has 4 aromatic heterocycles. The van der Waals surface area contributed by atoms with Crippen LogP contribution in [0.1, 0.15) is 24.7 Å². The van der Waals surface area contributed by atoms with E-state index in [9.17, 15) is 14.4 Å². The average Bonchev–Trinajstić information content (AvgIpc) is 3.62. The third kappa shape index (κ3) is 4.26. The number of alkyl carbamates (subject to hydrolysis) is 1. The molecule has 1 aliphatic heterocycles. The first-order valence-corrected chi connectivity index (χ1v) is 12.1. The van der Waals surface area contributed by atoms with Crippen molar-refractivity contribution >= 4 is 51.9 Å². The SMILES string of the molecule is COC(=O)NCC(=O)N1CCC[C@H]1c1ncc(-c2ccc(-c3cn4cc(NC=O)nc4s3)s2)[nH]1. The lowest BCUT2D eigenvalue weighted by Gasteiger charge is -2.23. The van der Waals surface area contributed by atoms with Crippen molar-refractivity contribution in [1.82, 2.24) is 29.6 Å². The minimum atomic E-state index is -0.630. The zero-order valence-electron chi connectivity index (χ0n) is 18.1. The molecule has 3 N–H and O–H groups in total. The number of carbonyl (C=O) groups is 3. The number of fused-ring (bicyclic) bond motifs is 1. The Morgan fingerprint density at radius 1 is 1.26 bits per heavy atom. The number of carbonyl (C=O) groups excluding carboxylic acids is 3. The molecule has 1 atom stereocenters. The highest BCUT2D eigenvalue weighted by Gasteiger charge is 2.32. The molecular formula is C21H21N7O4S2. The van der Waals surface area contributed by atoms with Crippen molar-refractivity contribution in [3.8, 4) is 20.3 Å². The number of hydrogen-bond donors (Lipinski definition) is 3. The number of ether oxygens (including phenoxy) is 1. The molecule has 34 heavy (non-hydrogen) atoms. The molecule has 5 heterocycles. The van der Waals surface area contributed by atoms with Crippen LogP contribution < -0.4 is 10.6 Å². The third-order valence-electron chi connectivity index (χ3n) is 5.53. The van der Waals surface area contributed by atoms with Crippen LogP contribution in [0.5, 0.6) is 0 Å². The molecule has 1 saturated heterocycles. The van der Waals surface area contributed by atoms with E-state index in [2.05, 4.69) is 36.4 Å². The van der Waals surface area contributed by atoms with Crippen LogP contribution >= 0.6 is 22.7 Å². The molecule has 0 bridgehead atoms. The van der Waals surface area contributed by atoms with E-state index in [1.54, 1.807) is 40.0 Å². The van der Waals surface area contributed by atoms with Gasteiger partial charge in [0, 0.05) is 17.6 Å². The summed E-state index contributed by atoms with van der Waals surface area (Å²) in [5.74, 6) is 1.09. The molecule has 0 spiro atoms.